The van der Waals surface area contributed by atoms with Gasteiger partial charge in [0.25, 0.3) is 5.69 Å². The van der Waals surface area contributed by atoms with Crippen LogP contribution in [0.2, 0.25) is 0 Å². The van der Waals surface area contributed by atoms with Gasteiger partial charge in [-0.1, -0.05) is 12.1 Å². The number of carbonyl (C=O) groups excluding carboxylic acids is 2. The number of rotatable bonds is 6. The average molecular weight is 444 g/mol. The molecule has 0 aliphatic carbocycles. The predicted molar refractivity (Wildman–Crippen MR) is 111 cm³/mol. The maximum absolute atomic E-state index is 13.6. The molecule has 0 fully saturated rings. The number of carbonyl (C=O) groups is 2. The van der Waals surface area contributed by atoms with E-state index in [-0.39, 0.29) is 41.4 Å². The minimum absolute atomic E-state index is 0.139. The normalized spacial score (nSPS) is 16.5. The molecule has 0 radical (unpaired) electrons. The van der Waals surface area contributed by atoms with Crippen molar-refractivity contribution < 1.29 is 28.0 Å². The minimum Gasteiger partial charge on any atom is -0.460 e. The van der Waals surface area contributed by atoms with Gasteiger partial charge in [0.1, 0.15) is 11.6 Å². The van der Waals surface area contributed by atoms with Crippen LogP contribution in [-0.4, -0.2) is 27.8 Å². The minimum atomic E-state index is -0.778. The summed E-state index contributed by atoms with van der Waals surface area (Å²) in [6, 6.07) is 8.70. The second-order valence-electron chi connectivity index (χ2n) is 7.82. The molecular formula is C23H22F2N2O5. The number of ether oxygens (including phenoxy) is 1. The van der Waals surface area contributed by atoms with Crippen molar-refractivity contribution in [1.82, 2.24) is 4.90 Å². The molecule has 1 atom stereocenters. The van der Waals surface area contributed by atoms with Crippen LogP contribution < -0.4 is 0 Å². The third-order valence-corrected chi connectivity index (χ3v) is 5.13. The maximum Gasteiger partial charge on any atom is 0.336 e. The SMILES string of the molecule is CC1=C(C(=O)OC(C)C)C(c2cccc([N+](=O)[O-])c2)CC(=O)N1Cc1cc(F)cc(F)c1. The van der Waals surface area contributed by atoms with E-state index in [9.17, 15) is 28.5 Å². The van der Waals surface area contributed by atoms with Gasteiger partial charge >= 0.3 is 5.97 Å². The number of hydrogen-bond donors (Lipinski definition) is 0. The second kappa shape index (κ2) is 9.25. The van der Waals surface area contributed by atoms with Crippen molar-refractivity contribution in [3.63, 3.8) is 0 Å². The highest BCUT2D eigenvalue weighted by Gasteiger charge is 2.37. The number of amides is 1. The molecular weight excluding hydrogens is 422 g/mol. The fraction of sp³-hybridized carbons (Fsp3) is 0.304. The van der Waals surface area contributed by atoms with Gasteiger partial charge in [-0.25, -0.2) is 13.6 Å². The number of nitro groups is 1. The Hall–Kier alpha value is -3.62. The lowest BCUT2D eigenvalue weighted by atomic mass is 9.83. The van der Waals surface area contributed by atoms with Gasteiger partial charge < -0.3 is 9.64 Å². The topological polar surface area (TPSA) is 89.7 Å². The largest absolute Gasteiger partial charge is 0.460 e. The van der Waals surface area contributed by atoms with Crippen molar-refractivity contribution in [3.8, 4) is 0 Å². The summed E-state index contributed by atoms with van der Waals surface area (Å²) < 4.78 is 32.6. The second-order valence-corrected chi connectivity index (χ2v) is 7.82. The van der Waals surface area contributed by atoms with Crippen LogP contribution in [0, 0.1) is 21.7 Å². The first-order valence-corrected chi connectivity index (χ1v) is 9.98. The van der Waals surface area contributed by atoms with Gasteiger partial charge in [-0.3, -0.25) is 14.9 Å². The van der Waals surface area contributed by atoms with Crippen LogP contribution in [-0.2, 0) is 20.9 Å². The molecule has 168 valence electrons. The molecule has 1 aliphatic heterocycles. The highest BCUT2D eigenvalue weighted by atomic mass is 19.1. The lowest BCUT2D eigenvalue weighted by Crippen LogP contribution is -2.38. The number of halogens is 2. The summed E-state index contributed by atoms with van der Waals surface area (Å²) in [5, 5.41) is 11.2. The van der Waals surface area contributed by atoms with Crippen LogP contribution >= 0.6 is 0 Å². The molecule has 2 aromatic carbocycles. The number of nitrogens with zero attached hydrogens (tertiary/aromatic N) is 2. The highest BCUT2D eigenvalue weighted by molar-refractivity contribution is 5.96. The summed E-state index contributed by atoms with van der Waals surface area (Å²) in [5.41, 5.74) is 0.935. The van der Waals surface area contributed by atoms with Crippen molar-refractivity contribution >= 4 is 17.6 Å². The van der Waals surface area contributed by atoms with Gasteiger partial charge in [-0.05, 0) is 44.0 Å². The van der Waals surface area contributed by atoms with E-state index in [1.807, 2.05) is 0 Å². The van der Waals surface area contributed by atoms with Crippen LogP contribution in [0.15, 0.2) is 53.7 Å². The average Bonchev–Trinajstić information content (AvgIpc) is 2.69. The van der Waals surface area contributed by atoms with Crippen LogP contribution in [0.4, 0.5) is 14.5 Å². The molecule has 0 spiro atoms. The van der Waals surface area contributed by atoms with Crippen molar-refractivity contribution in [2.45, 2.75) is 45.8 Å². The zero-order valence-electron chi connectivity index (χ0n) is 17.8. The van der Waals surface area contributed by atoms with Crippen molar-refractivity contribution in [2.75, 3.05) is 0 Å². The highest BCUT2D eigenvalue weighted by Crippen LogP contribution is 2.38. The Morgan fingerprint density at radius 1 is 1.22 bits per heavy atom. The van der Waals surface area contributed by atoms with E-state index in [2.05, 4.69) is 0 Å². The van der Waals surface area contributed by atoms with E-state index in [1.54, 1.807) is 26.8 Å². The molecule has 0 bridgehead atoms. The van der Waals surface area contributed by atoms with E-state index in [4.69, 9.17) is 4.74 Å². The summed E-state index contributed by atoms with van der Waals surface area (Å²) in [6.45, 7) is 4.77. The zero-order chi connectivity index (χ0) is 23.6. The molecule has 1 heterocycles. The molecule has 0 saturated heterocycles. The smallest absolute Gasteiger partial charge is 0.336 e. The van der Waals surface area contributed by atoms with Crippen LogP contribution in [0.5, 0.6) is 0 Å². The van der Waals surface area contributed by atoms with Crippen molar-refractivity contribution in [3.05, 3.63) is 86.6 Å². The Morgan fingerprint density at radius 2 is 1.88 bits per heavy atom. The molecule has 1 aliphatic rings. The molecule has 2 aromatic rings. The Bertz CT molecular complexity index is 1090. The number of hydrogen-bond acceptors (Lipinski definition) is 5. The van der Waals surface area contributed by atoms with E-state index in [0.29, 0.717) is 5.56 Å². The molecule has 1 unspecified atom stereocenters. The van der Waals surface area contributed by atoms with Gasteiger partial charge in [0.15, 0.2) is 0 Å². The standard InChI is InChI=1S/C23H22F2N2O5/c1-13(2)32-23(29)22-14(3)26(12-15-7-17(24)10-18(25)8-15)21(28)11-20(22)16-5-4-6-19(9-16)27(30)31/h4-10,13,20H,11-12H2,1-3H3. The Kier molecular flexibility index (Phi) is 6.67. The Balaban J connectivity index is 2.08. The summed E-state index contributed by atoms with van der Waals surface area (Å²) >= 11 is 0. The number of allylic oxidation sites excluding steroid dienone is 1. The molecule has 9 heteroatoms. The van der Waals surface area contributed by atoms with E-state index in [0.717, 1.165) is 18.2 Å². The Morgan fingerprint density at radius 3 is 2.47 bits per heavy atom. The molecule has 1 amide bonds. The third-order valence-electron chi connectivity index (χ3n) is 5.13. The number of benzene rings is 2. The van der Waals surface area contributed by atoms with Crippen LogP contribution in [0.1, 0.15) is 44.2 Å². The molecule has 7 nitrogen and oxygen atoms in total. The van der Waals surface area contributed by atoms with Crippen molar-refractivity contribution in [2.24, 2.45) is 0 Å². The fourth-order valence-electron chi connectivity index (χ4n) is 3.77. The monoisotopic (exact) mass is 444 g/mol. The first-order chi connectivity index (χ1) is 15.1. The summed E-state index contributed by atoms with van der Waals surface area (Å²) in [5.74, 6) is -3.35. The molecule has 3 rings (SSSR count). The van der Waals surface area contributed by atoms with Gasteiger partial charge in [-0.15, -0.1) is 0 Å². The third kappa shape index (κ3) is 4.99. The predicted octanol–water partition coefficient (Wildman–Crippen LogP) is 4.61. The van der Waals surface area contributed by atoms with Gasteiger partial charge in [0.2, 0.25) is 5.91 Å². The van der Waals surface area contributed by atoms with Crippen molar-refractivity contribution in [1.29, 1.82) is 0 Å². The van der Waals surface area contributed by atoms with Gasteiger partial charge in [0, 0.05) is 36.2 Å². The maximum atomic E-state index is 13.6. The van der Waals surface area contributed by atoms with Gasteiger partial charge in [0.05, 0.1) is 23.1 Å². The van der Waals surface area contributed by atoms with E-state index in [1.165, 1.54) is 23.1 Å². The fourth-order valence-corrected chi connectivity index (χ4v) is 3.77. The first kappa shape index (κ1) is 23.1. The number of esters is 1. The van der Waals surface area contributed by atoms with E-state index < -0.39 is 34.5 Å². The van der Waals surface area contributed by atoms with Crippen LogP contribution in [0.3, 0.4) is 0 Å². The quantitative estimate of drug-likeness (QED) is 0.369. The number of non-ortho nitro benzene ring substituents is 1. The molecule has 32 heavy (non-hydrogen) atoms. The zero-order valence-corrected chi connectivity index (χ0v) is 17.8. The molecule has 0 N–H and O–H groups in total. The van der Waals surface area contributed by atoms with E-state index >= 15 is 0 Å². The lowest BCUT2D eigenvalue weighted by Gasteiger charge is -2.34. The summed E-state index contributed by atoms with van der Waals surface area (Å²) in [4.78, 5) is 37.9. The molecule has 0 saturated carbocycles. The van der Waals surface area contributed by atoms with Crippen LogP contribution in [0.25, 0.3) is 0 Å². The first-order valence-electron chi connectivity index (χ1n) is 9.98. The molecule has 0 aromatic heterocycles. The Labute approximate surface area is 183 Å². The lowest BCUT2D eigenvalue weighted by molar-refractivity contribution is -0.384. The summed E-state index contributed by atoms with van der Waals surface area (Å²) in [6.07, 6.45) is -0.587. The number of nitro benzene ring substituents is 1. The van der Waals surface area contributed by atoms with Gasteiger partial charge in [-0.2, -0.15) is 0 Å². The summed E-state index contributed by atoms with van der Waals surface area (Å²) in [7, 11) is 0.